The van der Waals surface area contributed by atoms with Crippen LogP contribution in [0.2, 0.25) is 0 Å². The molecule has 0 saturated carbocycles. The quantitative estimate of drug-likeness (QED) is 0.644. The van der Waals surface area contributed by atoms with E-state index in [9.17, 15) is 14.4 Å². The van der Waals surface area contributed by atoms with Crippen molar-refractivity contribution >= 4 is 51.7 Å². The first-order valence-electron chi connectivity index (χ1n) is 6.60. The summed E-state index contributed by atoms with van der Waals surface area (Å²) in [7, 11) is 1.49. The molecule has 4 N–H and O–H groups in total. The van der Waals surface area contributed by atoms with Gasteiger partial charge in [-0.2, -0.15) is 0 Å². The van der Waals surface area contributed by atoms with Crippen LogP contribution in [-0.2, 0) is 14.4 Å². The number of likely N-dealkylation sites (N-methyl/N-ethyl adjacent to an activating group) is 1. The fourth-order valence-corrected chi connectivity index (χ4v) is 2.12. The number of nitrogens with one attached hydrogen (secondary N) is 2. The monoisotopic (exact) mass is 406 g/mol. The number of amides is 3. The molecule has 1 rings (SSSR count). The Balaban J connectivity index is 0.00000484. The standard InChI is InChI=1S/C14H19BrN4O3.ClH/c1-9-5-10(15)3-4-11(9)18-13(21)8-19(2)14(22)7-17-12(20)6-16;/h3-5H,6-8,16H2,1-2H3,(H,17,20)(H,18,21);1H. The van der Waals surface area contributed by atoms with Crippen LogP contribution in [-0.4, -0.2) is 49.3 Å². The molecule has 0 heterocycles. The predicted molar refractivity (Wildman–Crippen MR) is 94.5 cm³/mol. The van der Waals surface area contributed by atoms with Crippen LogP contribution in [0.1, 0.15) is 5.56 Å². The van der Waals surface area contributed by atoms with E-state index in [0.717, 1.165) is 10.0 Å². The van der Waals surface area contributed by atoms with Crippen molar-refractivity contribution in [1.29, 1.82) is 0 Å². The van der Waals surface area contributed by atoms with Crippen molar-refractivity contribution in [2.24, 2.45) is 5.73 Å². The zero-order chi connectivity index (χ0) is 16.7. The second kappa shape index (κ2) is 10.2. The van der Waals surface area contributed by atoms with Crippen molar-refractivity contribution < 1.29 is 14.4 Å². The molecular formula is C14H20BrClN4O3. The Kier molecular flexibility index (Phi) is 9.47. The van der Waals surface area contributed by atoms with Crippen molar-refractivity contribution in [3.63, 3.8) is 0 Å². The molecule has 7 nitrogen and oxygen atoms in total. The molecule has 0 aliphatic rings. The number of hydrogen-bond donors (Lipinski definition) is 3. The predicted octanol–water partition coefficient (Wildman–Crippen LogP) is 0.651. The maximum absolute atomic E-state index is 11.9. The minimum absolute atomic E-state index is 0. The molecule has 0 radical (unpaired) electrons. The van der Waals surface area contributed by atoms with Gasteiger partial charge in [0.25, 0.3) is 0 Å². The minimum Gasteiger partial charge on any atom is -0.346 e. The average molecular weight is 408 g/mol. The summed E-state index contributed by atoms with van der Waals surface area (Å²) in [5.41, 5.74) is 6.72. The van der Waals surface area contributed by atoms with Crippen LogP contribution < -0.4 is 16.4 Å². The molecule has 0 aliphatic heterocycles. The highest BCUT2D eigenvalue weighted by molar-refractivity contribution is 9.10. The number of benzene rings is 1. The number of halogens is 2. The number of nitrogens with zero attached hydrogens (tertiary/aromatic N) is 1. The van der Waals surface area contributed by atoms with Gasteiger partial charge in [0.15, 0.2) is 0 Å². The summed E-state index contributed by atoms with van der Waals surface area (Å²) in [6.45, 7) is 1.40. The van der Waals surface area contributed by atoms with Gasteiger partial charge in [0.05, 0.1) is 19.6 Å². The van der Waals surface area contributed by atoms with E-state index in [-0.39, 0.29) is 43.9 Å². The van der Waals surface area contributed by atoms with Crippen molar-refractivity contribution in [3.8, 4) is 0 Å². The van der Waals surface area contributed by atoms with Crippen LogP contribution in [0.15, 0.2) is 22.7 Å². The molecule has 0 atom stereocenters. The maximum atomic E-state index is 11.9. The fraction of sp³-hybridized carbons (Fsp3) is 0.357. The van der Waals surface area contributed by atoms with Gasteiger partial charge in [0.1, 0.15) is 0 Å². The lowest BCUT2D eigenvalue weighted by atomic mass is 10.2. The van der Waals surface area contributed by atoms with Crippen LogP contribution >= 0.6 is 28.3 Å². The van der Waals surface area contributed by atoms with Gasteiger partial charge in [-0.1, -0.05) is 15.9 Å². The molecule has 3 amide bonds. The van der Waals surface area contributed by atoms with Gasteiger partial charge in [-0.15, -0.1) is 12.4 Å². The summed E-state index contributed by atoms with van der Waals surface area (Å²) < 4.78 is 0.922. The highest BCUT2D eigenvalue weighted by Gasteiger charge is 2.14. The summed E-state index contributed by atoms with van der Waals surface area (Å²) in [5, 5.41) is 5.10. The molecule has 0 spiro atoms. The minimum atomic E-state index is -0.420. The summed E-state index contributed by atoms with van der Waals surface area (Å²) in [5.74, 6) is -1.10. The van der Waals surface area contributed by atoms with Gasteiger partial charge in [0, 0.05) is 17.2 Å². The molecule has 0 fully saturated rings. The van der Waals surface area contributed by atoms with Crippen LogP contribution in [0.4, 0.5) is 5.69 Å². The number of rotatable bonds is 6. The van der Waals surface area contributed by atoms with E-state index in [0.29, 0.717) is 5.69 Å². The Morgan fingerprint density at radius 2 is 1.91 bits per heavy atom. The Bertz CT molecular complexity index is 583. The number of aryl methyl sites for hydroxylation is 1. The van der Waals surface area contributed by atoms with Gasteiger partial charge in [0.2, 0.25) is 17.7 Å². The third-order valence-electron chi connectivity index (χ3n) is 2.89. The molecule has 1 aromatic rings. The first kappa shape index (κ1) is 21.4. The van der Waals surface area contributed by atoms with E-state index in [2.05, 4.69) is 26.6 Å². The van der Waals surface area contributed by atoms with Crippen molar-refractivity contribution in [3.05, 3.63) is 28.2 Å². The first-order chi connectivity index (χ1) is 10.3. The third-order valence-corrected chi connectivity index (χ3v) is 3.38. The second-order valence-corrected chi connectivity index (χ2v) is 5.65. The van der Waals surface area contributed by atoms with E-state index < -0.39 is 5.91 Å². The SMILES string of the molecule is Cc1cc(Br)ccc1NC(=O)CN(C)C(=O)CNC(=O)CN.Cl. The Morgan fingerprint density at radius 3 is 2.48 bits per heavy atom. The zero-order valence-electron chi connectivity index (χ0n) is 12.9. The molecule has 0 saturated heterocycles. The van der Waals surface area contributed by atoms with Gasteiger partial charge >= 0.3 is 0 Å². The Morgan fingerprint density at radius 1 is 1.26 bits per heavy atom. The number of hydrogen-bond acceptors (Lipinski definition) is 4. The third kappa shape index (κ3) is 7.45. The van der Waals surface area contributed by atoms with Gasteiger partial charge in [-0.05, 0) is 30.7 Å². The fourth-order valence-electron chi connectivity index (χ4n) is 1.64. The second-order valence-electron chi connectivity index (χ2n) is 4.74. The van der Waals surface area contributed by atoms with Crippen molar-refractivity contribution in [2.45, 2.75) is 6.92 Å². The molecule has 0 aromatic heterocycles. The highest BCUT2D eigenvalue weighted by atomic mass is 79.9. The molecule has 23 heavy (non-hydrogen) atoms. The van der Waals surface area contributed by atoms with Gasteiger partial charge in [-0.3, -0.25) is 14.4 Å². The van der Waals surface area contributed by atoms with E-state index in [1.165, 1.54) is 11.9 Å². The number of nitrogens with two attached hydrogens (primary N) is 1. The number of anilines is 1. The summed E-state index contributed by atoms with van der Waals surface area (Å²) in [6, 6.07) is 5.48. The van der Waals surface area contributed by atoms with Crippen molar-refractivity contribution in [2.75, 3.05) is 32.0 Å². The lowest BCUT2D eigenvalue weighted by molar-refractivity contribution is -0.134. The zero-order valence-corrected chi connectivity index (χ0v) is 15.3. The van der Waals surface area contributed by atoms with Gasteiger partial charge in [-0.25, -0.2) is 0 Å². The summed E-state index contributed by atoms with van der Waals surface area (Å²) in [4.78, 5) is 35.9. The van der Waals surface area contributed by atoms with E-state index in [1.807, 2.05) is 19.1 Å². The smallest absolute Gasteiger partial charge is 0.243 e. The average Bonchev–Trinajstić information content (AvgIpc) is 2.47. The van der Waals surface area contributed by atoms with Crippen LogP contribution in [0.25, 0.3) is 0 Å². The molecular weight excluding hydrogens is 388 g/mol. The summed E-state index contributed by atoms with van der Waals surface area (Å²) in [6.07, 6.45) is 0. The maximum Gasteiger partial charge on any atom is 0.243 e. The molecule has 128 valence electrons. The highest BCUT2D eigenvalue weighted by Crippen LogP contribution is 2.19. The molecule has 0 aliphatic carbocycles. The van der Waals surface area contributed by atoms with E-state index in [1.54, 1.807) is 6.07 Å². The van der Waals surface area contributed by atoms with Crippen LogP contribution in [0, 0.1) is 6.92 Å². The topological polar surface area (TPSA) is 105 Å². The largest absolute Gasteiger partial charge is 0.346 e. The number of carbonyl (C=O) groups is 3. The van der Waals surface area contributed by atoms with Crippen LogP contribution in [0.5, 0.6) is 0 Å². The lowest BCUT2D eigenvalue weighted by Crippen LogP contribution is -2.42. The van der Waals surface area contributed by atoms with Gasteiger partial charge < -0.3 is 21.3 Å². The molecule has 0 bridgehead atoms. The van der Waals surface area contributed by atoms with E-state index in [4.69, 9.17) is 5.73 Å². The van der Waals surface area contributed by atoms with Crippen molar-refractivity contribution in [1.82, 2.24) is 10.2 Å². The van der Waals surface area contributed by atoms with E-state index >= 15 is 0 Å². The van der Waals surface area contributed by atoms with Crippen LogP contribution in [0.3, 0.4) is 0 Å². The molecule has 0 unspecified atom stereocenters. The number of carbonyl (C=O) groups excluding carboxylic acids is 3. The molecule has 9 heteroatoms. The Labute approximate surface area is 149 Å². The normalized spacial score (nSPS) is 9.57. The molecule has 1 aromatic carbocycles. The lowest BCUT2D eigenvalue weighted by Gasteiger charge is -2.17. The summed E-state index contributed by atoms with van der Waals surface area (Å²) >= 11 is 3.35. The Hall–Kier alpha value is -1.64. The first-order valence-corrected chi connectivity index (χ1v) is 7.39.